The lowest BCUT2D eigenvalue weighted by Crippen LogP contribution is -2.52. The highest BCUT2D eigenvalue weighted by Crippen LogP contribution is 2.34. The van der Waals surface area contributed by atoms with Gasteiger partial charge in [-0.15, -0.1) is 0 Å². The molecule has 0 aromatic heterocycles. The van der Waals surface area contributed by atoms with Crippen LogP contribution in [0, 0.1) is 19.8 Å². The van der Waals surface area contributed by atoms with Crippen molar-refractivity contribution in [2.75, 3.05) is 24.5 Å². The van der Waals surface area contributed by atoms with E-state index in [9.17, 15) is 18.0 Å². The van der Waals surface area contributed by atoms with Crippen molar-refractivity contribution in [3.63, 3.8) is 0 Å². The number of halogens is 1. The van der Waals surface area contributed by atoms with Crippen LogP contribution < -0.4 is 14.4 Å². The van der Waals surface area contributed by atoms with Crippen LogP contribution in [0.3, 0.4) is 0 Å². The van der Waals surface area contributed by atoms with E-state index >= 15 is 0 Å². The summed E-state index contributed by atoms with van der Waals surface area (Å²) in [7, 11) is -2.76. The number of benzene rings is 3. The molecule has 3 aromatic rings. The Labute approximate surface area is 254 Å². The van der Waals surface area contributed by atoms with E-state index in [1.165, 1.54) is 24.1 Å². The Hall–Kier alpha value is -3.56. The van der Waals surface area contributed by atoms with Crippen molar-refractivity contribution in [3.8, 4) is 5.75 Å². The van der Waals surface area contributed by atoms with Gasteiger partial charge in [-0.05, 0) is 73.7 Å². The van der Waals surface area contributed by atoms with Crippen molar-refractivity contribution in [3.05, 3.63) is 88.4 Å². The summed E-state index contributed by atoms with van der Waals surface area (Å²) in [5.74, 6) is -0.309. The summed E-state index contributed by atoms with van der Waals surface area (Å²) in [5.41, 5.74) is 2.68. The highest BCUT2D eigenvalue weighted by atomic mass is 35.5. The number of anilines is 1. The fourth-order valence-electron chi connectivity index (χ4n) is 4.47. The summed E-state index contributed by atoms with van der Waals surface area (Å²) in [6.45, 7) is 9.50. The maximum atomic E-state index is 14.2. The van der Waals surface area contributed by atoms with Gasteiger partial charge in [0.15, 0.2) is 0 Å². The molecule has 0 saturated heterocycles. The second-order valence-corrected chi connectivity index (χ2v) is 13.0. The van der Waals surface area contributed by atoms with Gasteiger partial charge < -0.3 is 15.0 Å². The lowest BCUT2D eigenvalue weighted by atomic mass is 10.1. The number of hydrogen-bond acceptors (Lipinski definition) is 5. The van der Waals surface area contributed by atoms with Gasteiger partial charge in [-0.1, -0.05) is 68.3 Å². The SMILES string of the molecule is CC[C@@H](C(=O)NCC(C)C)N(Cc1ccc(Cl)cc1)C(=O)CN(c1cc(C)ccc1OC)S(=O)(=O)c1ccc(C)cc1. The third-order valence-electron chi connectivity index (χ3n) is 6.83. The molecule has 3 aromatic carbocycles. The van der Waals surface area contributed by atoms with Crippen LogP contribution in [0.25, 0.3) is 0 Å². The highest BCUT2D eigenvalue weighted by Gasteiger charge is 2.34. The van der Waals surface area contributed by atoms with Crippen LogP contribution in [0.4, 0.5) is 5.69 Å². The van der Waals surface area contributed by atoms with Crippen molar-refractivity contribution in [2.45, 2.75) is 58.5 Å². The normalized spacial score (nSPS) is 12.1. The standard InChI is InChI=1S/C32H40ClN3O5S/c1-7-28(32(38)34-19-22(2)3)35(20-25-11-13-26(33)14-12-25)31(37)21-36(29-18-24(5)10-17-30(29)41-6)42(39,40)27-15-8-23(4)9-16-27/h8-18,22,28H,7,19-21H2,1-6H3,(H,34,38)/t28-/m0/s1. The van der Waals surface area contributed by atoms with Crippen molar-refractivity contribution in [1.82, 2.24) is 10.2 Å². The Balaban J connectivity index is 2.11. The predicted molar refractivity (Wildman–Crippen MR) is 167 cm³/mol. The van der Waals surface area contributed by atoms with E-state index in [1.807, 2.05) is 34.6 Å². The second kappa shape index (κ2) is 14.6. The van der Waals surface area contributed by atoms with E-state index in [0.717, 1.165) is 21.0 Å². The molecule has 8 nitrogen and oxygen atoms in total. The largest absolute Gasteiger partial charge is 0.495 e. The van der Waals surface area contributed by atoms with Crippen LogP contribution in [-0.4, -0.2) is 51.4 Å². The number of rotatable bonds is 13. The van der Waals surface area contributed by atoms with Gasteiger partial charge in [-0.25, -0.2) is 8.42 Å². The molecule has 0 aliphatic heterocycles. The highest BCUT2D eigenvalue weighted by molar-refractivity contribution is 7.92. The van der Waals surface area contributed by atoms with E-state index in [4.69, 9.17) is 16.3 Å². The fraction of sp³-hybridized carbons (Fsp3) is 0.375. The van der Waals surface area contributed by atoms with Crippen molar-refractivity contribution < 1.29 is 22.7 Å². The monoisotopic (exact) mass is 613 g/mol. The summed E-state index contributed by atoms with van der Waals surface area (Å²) in [6.07, 6.45) is 0.335. The van der Waals surface area contributed by atoms with Crippen LogP contribution in [-0.2, 0) is 26.2 Å². The van der Waals surface area contributed by atoms with E-state index in [2.05, 4.69) is 5.32 Å². The number of nitrogens with one attached hydrogen (secondary N) is 1. The summed E-state index contributed by atoms with van der Waals surface area (Å²) < 4.78 is 34.9. The molecule has 42 heavy (non-hydrogen) atoms. The summed E-state index contributed by atoms with van der Waals surface area (Å²) in [6, 6.07) is 17.8. The summed E-state index contributed by atoms with van der Waals surface area (Å²) >= 11 is 6.09. The molecule has 1 atom stereocenters. The molecular weight excluding hydrogens is 574 g/mol. The van der Waals surface area contributed by atoms with Crippen LogP contribution in [0.5, 0.6) is 5.75 Å². The molecule has 0 radical (unpaired) electrons. The van der Waals surface area contributed by atoms with Crippen LogP contribution in [0.15, 0.2) is 71.6 Å². The third kappa shape index (κ3) is 8.26. The number of carbonyl (C=O) groups excluding carboxylic acids is 2. The number of hydrogen-bond donors (Lipinski definition) is 1. The zero-order valence-corrected chi connectivity index (χ0v) is 26.6. The molecule has 0 unspecified atom stereocenters. The zero-order chi connectivity index (χ0) is 31.0. The minimum absolute atomic E-state index is 0.0374. The molecule has 0 fully saturated rings. The van der Waals surface area contributed by atoms with Gasteiger partial charge in [0.1, 0.15) is 18.3 Å². The van der Waals surface area contributed by atoms with Gasteiger partial charge in [0.05, 0.1) is 17.7 Å². The van der Waals surface area contributed by atoms with Gasteiger partial charge >= 0.3 is 0 Å². The first kappa shape index (κ1) is 32.9. The molecule has 10 heteroatoms. The molecule has 0 bridgehead atoms. The molecule has 0 saturated carbocycles. The van der Waals surface area contributed by atoms with Crippen LogP contribution in [0.2, 0.25) is 5.02 Å². The van der Waals surface area contributed by atoms with Crippen LogP contribution >= 0.6 is 11.6 Å². The molecule has 0 spiro atoms. The molecule has 3 rings (SSSR count). The Morgan fingerprint density at radius 2 is 1.57 bits per heavy atom. The number of methoxy groups -OCH3 is 1. The van der Waals surface area contributed by atoms with E-state index < -0.39 is 28.5 Å². The first-order valence-electron chi connectivity index (χ1n) is 13.9. The average Bonchev–Trinajstić information content (AvgIpc) is 2.95. The van der Waals surface area contributed by atoms with E-state index in [0.29, 0.717) is 23.7 Å². The zero-order valence-electron chi connectivity index (χ0n) is 25.1. The van der Waals surface area contributed by atoms with Crippen molar-refractivity contribution >= 4 is 39.1 Å². The minimum atomic E-state index is -4.21. The first-order chi connectivity index (χ1) is 19.9. The van der Waals surface area contributed by atoms with Gasteiger partial charge in [0, 0.05) is 18.1 Å². The molecule has 1 N–H and O–H groups in total. The lowest BCUT2D eigenvalue weighted by molar-refractivity contribution is -0.140. The smallest absolute Gasteiger partial charge is 0.264 e. The third-order valence-corrected chi connectivity index (χ3v) is 8.85. The van der Waals surface area contributed by atoms with Crippen LogP contribution in [0.1, 0.15) is 43.9 Å². The molecule has 0 aliphatic carbocycles. The summed E-state index contributed by atoms with van der Waals surface area (Å²) in [4.78, 5) is 29.1. The molecular formula is C32H40ClN3O5S. The van der Waals surface area contributed by atoms with Crippen molar-refractivity contribution in [2.24, 2.45) is 5.92 Å². The first-order valence-corrected chi connectivity index (χ1v) is 15.7. The predicted octanol–water partition coefficient (Wildman–Crippen LogP) is 5.74. The number of ether oxygens (including phenoxy) is 1. The average molecular weight is 614 g/mol. The molecule has 0 heterocycles. The van der Waals surface area contributed by atoms with Gasteiger partial charge in [0.25, 0.3) is 10.0 Å². The number of aryl methyl sites for hydroxylation is 2. The Morgan fingerprint density at radius 3 is 2.14 bits per heavy atom. The Bertz CT molecular complexity index is 1470. The number of amides is 2. The number of nitrogens with zero attached hydrogens (tertiary/aromatic N) is 2. The van der Waals surface area contributed by atoms with Crippen molar-refractivity contribution in [1.29, 1.82) is 0 Å². The van der Waals surface area contributed by atoms with E-state index in [1.54, 1.807) is 54.6 Å². The number of carbonyl (C=O) groups is 2. The molecule has 0 aliphatic rings. The molecule has 2 amide bonds. The second-order valence-electron chi connectivity index (χ2n) is 10.7. The maximum absolute atomic E-state index is 14.2. The van der Waals surface area contributed by atoms with Gasteiger partial charge in [-0.2, -0.15) is 0 Å². The Morgan fingerprint density at radius 1 is 0.952 bits per heavy atom. The Kier molecular flexibility index (Phi) is 11.4. The minimum Gasteiger partial charge on any atom is -0.495 e. The molecule has 226 valence electrons. The number of sulfonamides is 1. The lowest BCUT2D eigenvalue weighted by Gasteiger charge is -2.33. The van der Waals surface area contributed by atoms with E-state index in [-0.39, 0.29) is 29.0 Å². The maximum Gasteiger partial charge on any atom is 0.264 e. The van der Waals surface area contributed by atoms with Gasteiger partial charge in [0.2, 0.25) is 11.8 Å². The van der Waals surface area contributed by atoms with Gasteiger partial charge in [-0.3, -0.25) is 13.9 Å². The quantitative estimate of drug-likeness (QED) is 0.265. The fourth-order valence-corrected chi connectivity index (χ4v) is 6.02. The summed E-state index contributed by atoms with van der Waals surface area (Å²) in [5, 5.41) is 3.47. The topological polar surface area (TPSA) is 96.0 Å².